The van der Waals surface area contributed by atoms with Crippen LogP contribution >= 0.6 is 12.4 Å². The molecular weight excluding hydrogens is 226 g/mol. The van der Waals surface area contributed by atoms with Crippen LogP contribution in [0.3, 0.4) is 0 Å². The Morgan fingerprint density at radius 2 is 1.94 bits per heavy atom. The van der Waals surface area contributed by atoms with Gasteiger partial charge in [0.2, 0.25) is 0 Å². The second-order valence-corrected chi connectivity index (χ2v) is 6.77. The van der Waals surface area contributed by atoms with E-state index in [9.17, 15) is 9.90 Å². The van der Waals surface area contributed by atoms with E-state index < -0.39 is 11.4 Å². The largest absolute Gasteiger partial charge is 0.481 e. The highest BCUT2D eigenvalue weighted by atomic mass is 35.5. The standard InChI is InChI=1S/C12H19NO2.ClH/c1-10-2-8-3-11(5-10,9(14)15)7-12(13,4-8)6-10;/h8H,2-7,13H2,1H3,(H,14,15);1H. The third kappa shape index (κ3) is 1.48. The smallest absolute Gasteiger partial charge is 0.309 e. The molecule has 4 unspecified atom stereocenters. The predicted octanol–water partition coefficient (Wildman–Crippen LogP) is 2.18. The lowest BCUT2D eigenvalue weighted by molar-refractivity contribution is -0.175. The summed E-state index contributed by atoms with van der Waals surface area (Å²) in [5.41, 5.74) is 5.91. The number of hydrogen-bond donors (Lipinski definition) is 2. The molecule has 0 heterocycles. The molecule has 4 aliphatic rings. The molecular formula is C12H20ClNO2. The van der Waals surface area contributed by atoms with Crippen molar-refractivity contribution in [3.05, 3.63) is 0 Å². The quantitative estimate of drug-likeness (QED) is 0.744. The molecule has 4 saturated carbocycles. The van der Waals surface area contributed by atoms with Crippen LogP contribution in [0.1, 0.15) is 45.4 Å². The molecule has 3 N–H and O–H groups in total. The van der Waals surface area contributed by atoms with E-state index in [1.807, 2.05) is 0 Å². The van der Waals surface area contributed by atoms with Gasteiger partial charge in [-0.25, -0.2) is 0 Å². The Hall–Kier alpha value is -0.280. The summed E-state index contributed by atoms with van der Waals surface area (Å²) in [7, 11) is 0. The van der Waals surface area contributed by atoms with Crippen LogP contribution in [-0.4, -0.2) is 16.6 Å². The van der Waals surface area contributed by atoms with E-state index in [0.717, 1.165) is 25.7 Å². The second kappa shape index (κ2) is 3.14. The molecule has 0 amide bonds. The minimum Gasteiger partial charge on any atom is -0.481 e. The van der Waals surface area contributed by atoms with Gasteiger partial charge in [-0.1, -0.05) is 6.92 Å². The fourth-order valence-electron chi connectivity index (χ4n) is 5.24. The van der Waals surface area contributed by atoms with Gasteiger partial charge in [0.15, 0.2) is 0 Å². The van der Waals surface area contributed by atoms with E-state index in [1.165, 1.54) is 6.42 Å². The van der Waals surface area contributed by atoms with Crippen LogP contribution in [0, 0.1) is 16.7 Å². The number of carboxylic acids is 1. The van der Waals surface area contributed by atoms with Crippen LogP contribution < -0.4 is 5.73 Å². The van der Waals surface area contributed by atoms with E-state index >= 15 is 0 Å². The Balaban J connectivity index is 0.000000963. The number of aliphatic carboxylic acids is 1. The van der Waals surface area contributed by atoms with E-state index in [2.05, 4.69) is 6.92 Å². The van der Waals surface area contributed by atoms with Gasteiger partial charge < -0.3 is 10.8 Å². The van der Waals surface area contributed by atoms with E-state index in [4.69, 9.17) is 5.73 Å². The zero-order chi connectivity index (χ0) is 10.9. The Bertz CT molecular complexity index is 326. The fourth-order valence-corrected chi connectivity index (χ4v) is 5.24. The number of nitrogens with two attached hydrogens (primary N) is 1. The fraction of sp³-hybridized carbons (Fsp3) is 0.917. The molecule has 0 spiro atoms. The van der Waals surface area contributed by atoms with E-state index in [0.29, 0.717) is 12.3 Å². The number of hydrogen-bond acceptors (Lipinski definition) is 2. The van der Waals surface area contributed by atoms with Gasteiger partial charge in [0, 0.05) is 5.54 Å². The summed E-state index contributed by atoms with van der Waals surface area (Å²) >= 11 is 0. The van der Waals surface area contributed by atoms with Gasteiger partial charge in [-0.3, -0.25) is 4.79 Å². The molecule has 4 bridgehead atoms. The average molecular weight is 246 g/mol. The van der Waals surface area contributed by atoms with Gasteiger partial charge in [0.1, 0.15) is 0 Å². The van der Waals surface area contributed by atoms with Gasteiger partial charge in [-0.15, -0.1) is 12.4 Å². The van der Waals surface area contributed by atoms with Crippen LogP contribution in [0.15, 0.2) is 0 Å². The van der Waals surface area contributed by atoms with Crippen molar-refractivity contribution in [2.45, 2.75) is 51.0 Å². The summed E-state index contributed by atoms with van der Waals surface area (Å²) in [5.74, 6) is -0.0417. The molecule has 0 aromatic carbocycles. The SMILES string of the molecule is CC12CC3CC(N)(C1)CC(C(=O)O)(C3)C2.Cl. The molecule has 0 radical (unpaired) electrons. The third-order valence-corrected chi connectivity index (χ3v) is 4.84. The first-order valence-corrected chi connectivity index (χ1v) is 5.87. The Labute approximate surface area is 102 Å². The van der Waals surface area contributed by atoms with E-state index in [1.54, 1.807) is 0 Å². The van der Waals surface area contributed by atoms with Crippen LogP contribution in [0.4, 0.5) is 0 Å². The molecule has 4 aliphatic carbocycles. The Morgan fingerprint density at radius 1 is 1.25 bits per heavy atom. The van der Waals surface area contributed by atoms with Gasteiger partial charge in [-0.05, 0) is 49.9 Å². The molecule has 4 heteroatoms. The molecule has 4 atom stereocenters. The first-order valence-electron chi connectivity index (χ1n) is 5.87. The summed E-state index contributed by atoms with van der Waals surface area (Å²) in [6.45, 7) is 2.23. The summed E-state index contributed by atoms with van der Waals surface area (Å²) in [6, 6.07) is 0. The van der Waals surface area contributed by atoms with Crippen molar-refractivity contribution in [3.8, 4) is 0 Å². The molecule has 0 aliphatic heterocycles. The number of halogens is 1. The molecule has 16 heavy (non-hydrogen) atoms. The zero-order valence-corrected chi connectivity index (χ0v) is 10.5. The lowest BCUT2D eigenvalue weighted by Crippen LogP contribution is -2.65. The third-order valence-electron chi connectivity index (χ3n) is 4.84. The van der Waals surface area contributed by atoms with Crippen molar-refractivity contribution >= 4 is 18.4 Å². The molecule has 4 rings (SSSR count). The number of carboxylic acid groups (broad SMARTS) is 1. The molecule has 92 valence electrons. The summed E-state index contributed by atoms with van der Waals surface area (Å²) in [4.78, 5) is 11.5. The van der Waals surface area contributed by atoms with E-state index in [-0.39, 0.29) is 23.4 Å². The molecule has 0 saturated heterocycles. The van der Waals surface area contributed by atoms with Crippen LogP contribution in [0.5, 0.6) is 0 Å². The minimum atomic E-state index is -0.604. The van der Waals surface area contributed by atoms with Crippen molar-refractivity contribution in [3.63, 3.8) is 0 Å². The highest BCUT2D eigenvalue weighted by Gasteiger charge is 2.63. The maximum Gasteiger partial charge on any atom is 0.309 e. The molecule has 0 aromatic rings. The highest BCUT2D eigenvalue weighted by Crippen LogP contribution is 2.65. The van der Waals surface area contributed by atoms with Crippen LogP contribution in [0.25, 0.3) is 0 Å². The lowest BCUT2D eigenvalue weighted by Gasteiger charge is -2.63. The summed E-state index contributed by atoms with van der Waals surface area (Å²) in [5, 5.41) is 9.45. The van der Waals surface area contributed by atoms with Gasteiger partial charge in [0.25, 0.3) is 0 Å². The summed E-state index contributed by atoms with van der Waals surface area (Å²) in [6.07, 6.45) is 5.72. The summed E-state index contributed by atoms with van der Waals surface area (Å²) < 4.78 is 0. The minimum absolute atomic E-state index is 0. The van der Waals surface area contributed by atoms with Crippen molar-refractivity contribution in [2.24, 2.45) is 22.5 Å². The predicted molar refractivity (Wildman–Crippen MR) is 63.5 cm³/mol. The Kier molecular flexibility index (Phi) is 2.39. The maximum atomic E-state index is 11.5. The van der Waals surface area contributed by atoms with Crippen LogP contribution in [-0.2, 0) is 4.79 Å². The molecule has 0 aromatic heterocycles. The van der Waals surface area contributed by atoms with Gasteiger partial charge >= 0.3 is 5.97 Å². The van der Waals surface area contributed by atoms with Gasteiger partial charge in [-0.2, -0.15) is 0 Å². The highest BCUT2D eigenvalue weighted by molar-refractivity contribution is 5.85. The number of rotatable bonds is 1. The molecule has 3 nitrogen and oxygen atoms in total. The normalized spacial score (nSPS) is 53.5. The second-order valence-electron chi connectivity index (χ2n) is 6.77. The van der Waals surface area contributed by atoms with Crippen molar-refractivity contribution in [2.75, 3.05) is 0 Å². The number of carbonyl (C=O) groups is 1. The van der Waals surface area contributed by atoms with Gasteiger partial charge in [0.05, 0.1) is 5.41 Å². The first-order chi connectivity index (χ1) is 6.85. The van der Waals surface area contributed by atoms with Crippen molar-refractivity contribution < 1.29 is 9.90 Å². The maximum absolute atomic E-state index is 11.5. The lowest BCUT2D eigenvalue weighted by atomic mass is 9.42. The zero-order valence-electron chi connectivity index (χ0n) is 9.66. The Morgan fingerprint density at radius 3 is 2.44 bits per heavy atom. The van der Waals surface area contributed by atoms with Crippen molar-refractivity contribution in [1.29, 1.82) is 0 Å². The van der Waals surface area contributed by atoms with Crippen LogP contribution in [0.2, 0.25) is 0 Å². The first kappa shape index (κ1) is 12.2. The average Bonchev–Trinajstić information content (AvgIpc) is 1.95. The topological polar surface area (TPSA) is 63.3 Å². The monoisotopic (exact) mass is 245 g/mol. The molecule has 4 fully saturated rings. The van der Waals surface area contributed by atoms with Crippen molar-refractivity contribution in [1.82, 2.24) is 0 Å².